The first-order chi connectivity index (χ1) is 13.5. The van der Waals surface area contributed by atoms with E-state index in [0.29, 0.717) is 0 Å². The van der Waals surface area contributed by atoms with Crippen LogP contribution in [-0.2, 0) is 21.4 Å². The number of halogens is 4. The molecule has 0 aliphatic rings. The van der Waals surface area contributed by atoms with Crippen molar-refractivity contribution in [1.29, 1.82) is 0 Å². The molecule has 6 nitrogen and oxygen atoms in total. The van der Waals surface area contributed by atoms with Crippen LogP contribution in [0.3, 0.4) is 0 Å². The highest BCUT2D eigenvalue weighted by molar-refractivity contribution is 7.89. The first kappa shape index (κ1) is 22.6. The molecule has 0 aliphatic heterocycles. The molecule has 0 radical (unpaired) electrons. The number of hydrogen-bond acceptors (Lipinski definition) is 4. The maximum Gasteiger partial charge on any atom is 0.573 e. The number of carbonyl (C=O) groups is 1. The second-order valence-electron chi connectivity index (χ2n) is 6.01. The molecule has 0 aromatic heterocycles. The molecule has 0 unspecified atom stereocenters. The van der Waals surface area contributed by atoms with E-state index in [0.717, 1.165) is 35.2 Å². The van der Waals surface area contributed by atoms with Crippen LogP contribution in [0.1, 0.15) is 12.0 Å². The number of sulfonamides is 1. The summed E-state index contributed by atoms with van der Waals surface area (Å²) in [6.07, 6.45) is -5.09. The molecule has 0 bridgehead atoms. The molecule has 29 heavy (non-hydrogen) atoms. The molecule has 0 atom stereocenters. The lowest BCUT2D eigenvalue weighted by atomic mass is 10.2. The number of carbonyl (C=O) groups excluding carboxylic acids is 1. The molecule has 11 heteroatoms. The first-order valence-corrected chi connectivity index (χ1v) is 9.79. The normalized spacial score (nSPS) is 11.9. The van der Waals surface area contributed by atoms with E-state index in [1.54, 1.807) is 0 Å². The maximum absolute atomic E-state index is 12.9. The lowest BCUT2D eigenvalue weighted by molar-refractivity contribution is -0.275. The highest BCUT2D eigenvalue weighted by Crippen LogP contribution is 2.27. The number of rotatable bonds is 8. The Kier molecular flexibility index (Phi) is 7.20. The monoisotopic (exact) mass is 434 g/mol. The topological polar surface area (TPSA) is 75.7 Å². The average Bonchev–Trinajstić information content (AvgIpc) is 2.62. The molecule has 2 aromatic carbocycles. The predicted octanol–water partition coefficient (Wildman–Crippen LogP) is 3.05. The smallest absolute Gasteiger partial charge is 0.405 e. The van der Waals surface area contributed by atoms with Crippen molar-refractivity contribution in [3.8, 4) is 5.75 Å². The van der Waals surface area contributed by atoms with Gasteiger partial charge in [0.25, 0.3) is 0 Å². The number of alkyl halides is 3. The van der Waals surface area contributed by atoms with E-state index in [1.807, 2.05) is 0 Å². The standard InChI is InChI=1S/C18H18F4N2O4S/c1-24(12-13-4-2-3-5-16(13)28-18(20,21)22)17(25)10-11-23-29(26,27)15-8-6-14(19)7-9-15/h2-9,23H,10-12H2,1H3. The van der Waals surface area contributed by atoms with E-state index in [9.17, 15) is 30.8 Å². The van der Waals surface area contributed by atoms with Gasteiger partial charge in [-0.15, -0.1) is 13.2 Å². The number of nitrogens with zero attached hydrogens (tertiary/aromatic N) is 1. The van der Waals surface area contributed by atoms with Gasteiger partial charge in [-0.2, -0.15) is 0 Å². The van der Waals surface area contributed by atoms with E-state index < -0.39 is 33.9 Å². The van der Waals surface area contributed by atoms with Gasteiger partial charge < -0.3 is 9.64 Å². The van der Waals surface area contributed by atoms with Crippen molar-refractivity contribution in [3.63, 3.8) is 0 Å². The van der Waals surface area contributed by atoms with Gasteiger partial charge in [0.15, 0.2) is 0 Å². The van der Waals surface area contributed by atoms with Gasteiger partial charge in [-0.25, -0.2) is 17.5 Å². The summed E-state index contributed by atoms with van der Waals surface area (Å²) in [5.41, 5.74) is 0.146. The van der Waals surface area contributed by atoms with Crippen molar-refractivity contribution in [2.45, 2.75) is 24.2 Å². The first-order valence-electron chi connectivity index (χ1n) is 8.31. The summed E-state index contributed by atoms with van der Waals surface area (Å²) < 4.78 is 80.6. The highest BCUT2D eigenvalue weighted by atomic mass is 32.2. The van der Waals surface area contributed by atoms with Crippen molar-refractivity contribution in [2.75, 3.05) is 13.6 Å². The van der Waals surface area contributed by atoms with Crippen molar-refractivity contribution < 1.29 is 35.5 Å². The molecule has 158 valence electrons. The van der Waals surface area contributed by atoms with Crippen LogP contribution >= 0.6 is 0 Å². The lowest BCUT2D eigenvalue weighted by Crippen LogP contribution is -2.32. The Morgan fingerprint density at radius 1 is 1.10 bits per heavy atom. The summed E-state index contributed by atoms with van der Waals surface area (Å²) in [6.45, 7) is -0.390. The number of para-hydroxylation sites is 1. The summed E-state index contributed by atoms with van der Waals surface area (Å²) in [5.74, 6) is -1.50. The molecule has 0 fully saturated rings. The molecule has 0 saturated heterocycles. The zero-order valence-electron chi connectivity index (χ0n) is 15.2. The van der Waals surface area contributed by atoms with Crippen LogP contribution in [0.25, 0.3) is 0 Å². The van der Waals surface area contributed by atoms with Crippen LogP contribution in [0.5, 0.6) is 5.75 Å². The number of nitrogens with one attached hydrogen (secondary N) is 1. The second-order valence-corrected chi connectivity index (χ2v) is 7.77. The van der Waals surface area contributed by atoms with Crippen LogP contribution in [0, 0.1) is 5.82 Å². The predicted molar refractivity (Wildman–Crippen MR) is 95.8 cm³/mol. The third-order valence-electron chi connectivity index (χ3n) is 3.79. The van der Waals surface area contributed by atoms with Crippen molar-refractivity contribution in [1.82, 2.24) is 9.62 Å². The minimum Gasteiger partial charge on any atom is -0.405 e. The summed E-state index contributed by atoms with van der Waals surface area (Å²) in [6, 6.07) is 9.57. The van der Waals surface area contributed by atoms with Gasteiger partial charge in [0, 0.05) is 32.1 Å². The van der Waals surface area contributed by atoms with E-state index in [1.165, 1.54) is 25.2 Å². The van der Waals surface area contributed by atoms with Gasteiger partial charge in [-0.3, -0.25) is 4.79 Å². The molecular weight excluding hydrogens is 416 g/mol. The zero-order valence-corrected chi connectivity index (χ0v) is 16.1. The largest absolute Gasteiger partial charge is 0.573 e. The molecule has 2 aromatic rings. The van der Waals surface area contributed by atoms with Gasteiger partial charge in [0.05, 0.1) is 4.90 Å². The summed E-state index contributed by atoms with van der Waals surface area (Å²) in [5, 5.41) is 0. The number of amides is 1. The Hall–Kier alpha value is -2.66. The Balaban J connectivity index is 1.92. The number of benzene rings is 2. The van der Waals surface area contributed by atoms with Gasteiger partial charge in [0.1, 0.15) is 11.6 Å². The molecular formula is C18H18F4N2O4S. The third-order valence-corrected chi connectivity index (χ3v) is 5.26. The Morgan fingerprint density at radius 2 is 1.72 bits per heavy atom. The van der Waals surface area contributed by atoms with Crippen molar-refractivity contribution in [2.24, 2.45) is 0 Å². The summed E-state index contributed by atoms with van der Waals surface area (Å²) in [7, 11) is -2.54. The minimum atomic E-state index is -4.86. The highest BCUT2D eigenvalue weighted by Gasteiger charge is 2.32. The lowest BCUT2D eigenvalue weighted by Gasteiger charge is -2.20. The van der Waals surface area contributed by atoms with Gasteiger partial charge in [-0.05, 0) is 30.3 Å². The Bertz CT molecular complexity index is 947. The molecule has 0 saturated carbocycles. The van der Waals surface area contributed by atoms with E-state index >= 15 is 0 Å². The molecule has 1 amide bonds. The SMILES string of the molecule is CN(Cc1ccccc1OC(F)(F)F)C(=O)CCNS(=O)(=O)c1ccc(F)cc1. The van der Waals surface area contributed by atoms with E-state index in [-0.39, 0.29) is 30.0 Å². The van der Waals surface area contributed by atoms with Crippen molar-refractivity contribution >= 4 is 15.9 Å². The van der Waals surface area contributed by atoms with Gasteiger partial charge >= 0.3 is 6.36 Å². The fourth-order valence-electron chi connectivity index (χ4n) is 2.38. The fourth-order valence-corrected chi connectivity index (χ4v) is 3.41. The quantitative estimate of drug-likeness (QED) is 0.648. The minimum absolute atomic E-state index is 0.146. The van der Waals surface area contributed by atoms with Crippen molar-refractivity contribution in [3.05, 3.63) is 59.9 Å². The van der Waals surface area contributed by atoms with E-state index in [4.69, 9.17) is 0 Å². The molecule has 0 heterocycles. The fraction of sp³-hybridized carbons (Fsp3) is 0.278. The third kappa shape index (κ3) is 7.02. The number of hydrogen-bond donors (Lipinski definition) is 1. The summed E-state index contributed by atoms with van der Waals surface area (Å²) in [4.78, 5) is 13.2. The zero-order chi connectivity index (χ0) is 21.7. The van der Waals surface area contributed by atoms with Gasteiger partial charge in [0.2, 0.25) is 15.9 Å². The Labute approximate surface area is 165 Å². The Morgan fingerprint density at radius 3 is 2.34 bits per heavy atom. The maximum atomic E-state index is 12.9. The summed E-state index contributed by atoms with van der Waals surface area (Å²) >= 11 is 0. The van der Waals surface area contributed by atoms with Crippen LogP contribution in [0.4, 0.5) is 17.6 Å². The molecule has 1 N–H and O–H groups in total. The van der Waals surface area contributed by atoms with Crippen LogP contribution < -0.4 is 9.46 Å². The van der Waals surface area contributed by atoms with Gasteiger partial charge in [-0.1, -0.05) is 18.2 Å². The van der Waals surface area contributed by atoms with Crippen LogP contribution in [-0.4, -0.2) is 39.2 Å². The molecule has 2 rings (SSSR count). The second kappa shape index (κ2) is 9.23. The molecule has 0 spiro atoms. The van der Waals surface area contributed by atoms with E-state index in [2.05, 4.69) is 9.46 Å². The van der Waals surface area contributed by atoms with Crippen LogP contribution in [0.15, 0.2) is 53.4 Å². The molecule has 0 aliphatic carbocycles. The average molecular weight is 434 g/mol. The number of ether oxygens (including phenoxy) is 1. The van der Waals surface area contributed by atoms with Crippen LogP contribution in [0.2, 0.25) is 0 Å².